The van der Waals surface area contributed by atoms with Crippen molar-refractivity contribution in [2.45, 2.75) is 78.8 Å². The van der Waals surface area contributed by atoms with E-state index in [4.69, 9.17) is 0 Å². The molecule has 0 radical (unpaired) electrons. The number of hydrogen-bond donors (Lipinski definition) is 0. The van der Waals surface area contributed by atoms with Crippen molar-refractivity contribution >= 4 is 11.3 Å². The summed E-state index contributed by atoms with van der Waals surface area (Å²) in [6.45, 7) is 13.5. The van der Waals surface area contributed by atoms with Gasteiger partial charge in [-0.3, -0.25) is 0 Å². The van der Waals surface area contributed by atoms with Crippen LogP contribution < -0.4 is 4.90 Å². The van der Waals surface area contributed by atoms with E-state index in [0.717, 1.165) is 6.54 Å². The van der Waals surface area contributed by atoms with Crippen LogP contribution in [-0.4, -0.2) is 5.54 Å². The van der Waals surface area contributed by atoms with E-state index in [0.29, 0.717) is 10.8 Å². The second-order valence-corrected chi connectivity index (χ2v) is 13.0. The molecule has 1 saturated carbocycles. The highest BCUT2D eigenvalue weighted by molar-refractivity contribution is 5.89. The minimum atomic E-state index is 0.0939. The maximum absolute atomic E-state index is 2.83. The third-order valence-corrected chi connectivity index (χ3v) is 8.51. The molecule has 0 amide bonds. The highest BCUT2D eigenvalue weighted by Crippen LogP contribution is 2.67. The van der Waals surface area contributed by atoms with E-state index in [9.17, 15) is 0 Å². The maximum Gasteiger partial charge on any atom is 0.0676 e. The van der Waals surface area contributed by atoms with Crippen molar-refractivity contribution < 1.29 is 0 Å². The first-order valence-electron chi connectivity index (χ1n) is 12.5. The fourth-order valence-electron chi connectivity index (χ4n) is 8.32. The van der Waals surface area contributed by atoms with Gasteiger partial charge in [-0.05, 0) is 76.7 Å². The molecule has 0 saturated heterocycles. The molecule has 1 heterocycles. The topological polar surface area (TPSA) is 3.24 Å². The van der Waals surface area contributed by atoms with E-state index >= 15 is 0 Å². The molecule has 32 heavy (non-hydrogen) atoms. The van der Waals surface area contributed by atoms with Crippen LogP contribution in [0.5, 0.6) is 0 Å². The van der Waals surface area contributed by atoms with Crippen LogP contribution in [0.1, 0.15) is 77.8 Å². The molecule has 1 spiro atoms. The number of benzene rings is 2. The zero-order valence-electron chi connectivity index (χ0n) is 20.5. The minimum absolute atomic E-state index is 0.0939. The van der Waals surface area contributed by atoms with Gasteiger partial charge in [0.15, 0.2) is 0 Å². The lowest BCUT2D eigenvalue weighted by Crippen LogP contribution is -2.62. The van der Waals surface area contributed by atoms with Gasteiger partial charge in [-0.2, -0.15) is 0 Å². The average Bonchev–Trinajstić information content (AvgIpc) is 2.68. The lowest BCUT2D eigenvalue weighted by atomic mass is 9.48. The smallest absolute Gasteiger partial charge is 0.0676 e. The van der Waals surface area contributed by atoms with E-state index < -0.39 is 0 Å². The van der Waals surface area contributed by atoms with Gasteiger partial charge in [0.2, 0.25) is 0 Å². The largest absolute Gasteiger partial charge is 0.357 e. The molecular weight excluding hydrogens is 386 g/mol. The number of allylic oxidation sites excluding steroid dienone is 2. The van der Waals surface area contributed by atoms with Gasteiger partial charge in [0, 0.05) is 17.8 Å². The molecule has 0 aromatic heterocycles. The van der Waals surface area contributed by atoms with Crippen LogP contribution in [0, 0.1) is 16.2 Å². The van der Waals surface area contributed by atoms with Crippen LogP contribution in [0.2, 0.25) is 0 Å². The van der Waals surface area contributed by atoms with Gasteiger partial charge >= 0.3 is 0 Å². The maximum atomic E-state index is 2.83. The van der Waals surface area contributed by atoms with Gasteiger partial charge < -0.3 is 4.90 Å². The number of fused-ring (bicyclic) bond motifs is 3. The molecule has 2 bridgehead atoms. The molecule has 3 aliphatic carbocycles. The Kier molecular flexibility index (Phi) is 4.07. The van der Waals surface area contributed by atoms with Crippen LogP contribution in [0.25, 0.3) is 5.57 Å². The Labute approximate surface area is 194 Å². The van der Waals surface area contributed by atoms with Gasteiger partial charge in [-0.15, -0.1) is 0 Å². The van der Waals surface area contributed by atoms with Gasteiger partial charge in [0.25, 0.3) is 0 Å². The lowest BCUT2D eigenvalue weighted by molar-refractivity contribution is 0.0680. The number of nitrogens with zero attached hydrogens (tertiary/aromatic N) is 1. The second kappa shape index (κ2) is 6.40. The lowest BCUT2D eigenvalue weighted by Gasteiger charge is -2.64. The first-order valence-corrected chi connectivity index (χ1v) is 12.5. The predicted molar refractivity (Wildman–Crippen MR) is 136 cm³/mol. The van der Waals surface area contributed by atoms with Crippen molar-refractivity contribution in [2.24, 2.45) is 16.2 Å². The summed E-state index contributed by atoms with van der Waals surface area (Å²) in [6.07, 6.45) is 8.90. The predicted octanol–water partition coefficient (Wildman–Crippen LogP) is 8.18. The monoisotopic (exact) mass is 423 g/mol. The first kappa shape index (κ1) is 20.3. The zero-order valence-corrected chi connectivity index (χ0v) is 20.5. The highest BCUT2D eigenvalue weighted by Gasteiger charge is 2.60. The van der Waals surface area contributed by atoms with Gasteiger partial charge in [0.05, 0.1) is 5.54 Å². The molecule has 2 aromatic rings. The summed E-state index contributed by atoms with van der Waals surface area (Å²) >= 11 is 0. The van der Waals surface area contributed by atoms with Crippen LogP contribution in [-0.2, 0) is 6.54 Å². The quantitative estimate of drug-likeness (QED) is 0.471. The van der Waals surface area contributed by atoms with E-state index in [1.807, 2.05) is 0 Å². The van der Waals surface area contributed by atoms with Crippen molar-refractivity contribution in [3.8, 4) is 0 Å². The van der Waals surface area contributed by atoms with E-state index in [1.54, 1.807) is 16.7 Å². The number of para-hydroxylation sites is 1. The molecule has 0 unspecified atom stereocenters. The van der Waals surface area contributed by atoms with Gasteiger partial charge in [0.1, 0.15) is 0 Å². The van der Waals surface area contributed by atoms with Crippen LogP contribution in [0.4, 0.5) is 5.69 Å². The normalized spacial score (nSPS) is 31.5. The number of hydrogen-bond acceptors (Lipinski definition) is 1. The fraction of sp³-hybridized carbons (Fsp3) is 0.484. The summed E-state index contributed by atoms with van der Waals surface area (Å²) in [4.78, 5) is 2.83. The summed E-state index contributed by atoms with van der Waals surface area (Å²) in [5.41, 5.74) is 10.4. The van der Waals surface area contributed by atoms with Crippen molar-refractivity contribution in [2.75, 3.05) is 4.90 Å². The number of rotatable bonds is 2. The third kappa shape index (κ3) is 2.96. The Morgan fingerprint density at radius 3 is 2.25 bits per heavy atom. The zero-order chi connectivity index (χ0) is 22.4. The molecule has 1 fully saturated rings. The summed E-state index contributed by atoms with van der Waals surface area (Å²) in [5, 5.41) is 0. The molecule has 1 aliphatic heterocycles. The standard InChI is InChI=1S/C31H37N/c1-28(2)15-23-16-30(5)19-29(3,4)20-31(21-30)27(23)25(17-28)24-13-9-10-14-26(24)32(31)18-22-11-7-6-8-12-22/h6-14,16H,15,17-21H2,1-5H3/t30-,31+/m0/s1. The molecule has 0 N–H and O–H groups in total. The Bertz CT molecular complexity index is 1150. The highest BCUT2D eigenvalue weighted by atomic mass is 15.2. The Hall–Kier alpha value is -2.28. The molecule has 2 aromatic carbocycles. The van der Waals surface area contributed by atoms with E-state index in [2.05, 4.69) is 100 Å². The van der Waals surface area contributed by atoms with Crippen molar-refractivity contribution in [1.29, 1.82) is 0 Å². The molecule has 1 nitrogen and oxygen atoms in total. The minimum Gasteiger partial charge on any atom is -0.357 e. The summed E-state index contributed by atoms with van der Waals surface area (Å²) < 4.78 is 0. The molecule has 4 aliphatic rings. The van der Waals surface area contributed by atoms with Crippen molar-refractivity contribution in [1.82, 2.24) is 0 Å². The Balaban J connectivity index is 1.65. The fourth-order valence-corrected chi connectivity index (χ4v) is 8.32. The molecule has 2 atom stereocenters. The second-order valence-electron chi connectivity index (χ2n) is 13.0. The average molecular weight is 424 g/mol. The molecule has 6 rings (SSSR count). The van der Waals surface area contributed by atoms with Crippen LogP contribution in [0.15, 0.2) is 71.8 Å². The van der Waals surface area contributed by atoms with Crippen molar-refractivity contribution in [3.63, 3.8) is 0 Å². The Morgan fingerprint density at radius 2 is 1.47 bits per heavy atom. The number of anilines is 1. The first-order chi connectivity index (χ1) is 15.1. The van der Waals surface area contributed by atoms with Crippen molar-refractivity contribution in [3.05, 3.63) is 82.9 Å². The third-order valence-electron chi connectivity index (χ3n) is 8.51. The molecule has 166 valence electrons. The van der Waals surface area contributed by atoms with Crippen LogP contribution >= 0.6 is 0 Å². The molecule has 1 heteroatoms. The summed E-state index contributed by atoms with van der Waals surface area (Å²) in [7, 11) is 0. The van der Waals surface area contributed by atoms with E-state index in [-0.39, 0.29) is 11.0 Å². The van der Waals surface area contributed by atoms with Gasteiger partial charge in [-0.1, -0.05) is 89.2 Å². The van der Waals surface area contributed by atoms with E-state index in [1.165, 1.54) is 48.9 Å². The van der Waals surface area contributed by atoms with Gasteiger partial charge in [-0.25, -0.2) is 0 Å². The summed E-state index contributed by atoms with van der Waals surface area (Å²) in [5.74, 6) is 0. The SMILES string of the molecule is CC1(C)CC2=C[C@@]3(C)CC(C)(C)C[C@@]4(C3)C2=C(C1)c1ccccc1N4Cc1ccccc1. The summed E-state index contributed by atoms with van der Waals surface area (Å²) in [6, 6.07) is 20.4. The molecular formula is C31H37N. The van der Waals surface area contributed by atoms with Crippen LogP contribution in [0.3, 0.4) is 0 Å². The Morgan fingerprint density at radius 1 is 0.750 bits per heavy atom.